The summed E-state index contributed by atoms with van der Waals surface area (Å²) in [6, 6.07) is 14.2. The van der Waals surface area contributed by atoms with Crippen LogP contribution in [0.25, 0.3) is 0 Å². The maximum atomic E-state index is 12.9. The number of aromatic nitrogens is 2. The molecule has 0 fully saturated rings. The third kappa shape index (κ3) is 3.54. The van der Waals surface area contributed by atoms with Crippen LogP contribution < -0.4 is 10.6 Å². The van der Waals surface area contributed by atoms with Crippen molar-refractivity contribution in [3.8, 4) is 0 Å². The monoisotopic (exact) mass is 388 g/mol. The number of ketones is 1. The number of nitrogens with zero attached hydrogens (tertiary/aromatic N) is 2. The molecule has 1 aliphatic heterocycles. The van der Waals surface area contributed by atoms with E-state index in [4.69, 9.17) is 0 Å². The van der Waals surface area contributed by atoms with E-state index >= 15 is 0 Å². The van der Waals surface area contributed by atoms with Crippen LogP contribution >= 0.6 is 0 Å². The quantitative estimate of drug-likeness (QED) is 0.385. The van der Waals surface area contributed by atoms with Gasteiger partial charge < -0.3 is 15.4 Å². The van der Waals surface area contributed by atoms with Crippen molar-refractivity contribution < 1.29 is 14.4 Å². The number of hydrogen-bond acceptors (Lipinski definition) is 5. The minimum atomic E-state index is -0.808. The van der Waals surface area contributed by atoms with Gasteiger partial charge in [-0.2, -0.15) is 5.10 Å². The topological polar surface area (TPSA) is 93.1 Å². The minimum Gasteiger partial charge on any atom is -0.379 e. The lowest BCUT2D eigenvalue weighted by atomic mass is 9.97. The molecule has 4 rings (SSSR count). The molecule has 1 aromatic heterocycles. The number of carbonyl (C=O) groups excluding carboxylic acids is 3. The molecular formula is C22H20N4O3. The summed E-state index contributed by atoms with van der Waals surface area (Å²) < 4.78 is 1.82. The largest absolute Gasteiger partial charge is 0.379 e. The maximum Gasteiger partial charge on any atom is 0.239 e. The molecule has 0 saturated heterocycles. The molecule has 1 atom stereocenters. The number of rotatable bonds is 6. The molecule has 2 N–H and O–H groups in total. The number of nitrogens with one attached hydrogen (secondary N) is 2. The molecule has 0 radical (unpaired) electrons. The van der Waals surface area contributed by atoms with Crippen molar-refractivity contribution in [2.75, 3.05) is 10.6 Å². The first kappa shape index (κ1) is 18.6. The van der Waals surface area contributed by atoms with E-state index in [1.807, 2.05) is 36.9 Å². The predicted octanol–water partition coefficient (Wildman–Crippen LogP) is 2.81. The van der Waals surface area contributed by atoms with Gasteiger partial charge in [-0.15, -0.1) is 0 Å². The number of aldehydes is 1. The fourth-order valence-corrected chi connectivity index (χ4v) is 3.52. The zero-order chi connectivity index (χ0) is 20.5. The molecule has 0 aliphatic carbocycles. The van der Waals surface area contributed by atoms with Crippen LogP contribution in [0.1, 0.15) is 38.8 Å². The van der Waals surface area contributed by atoms with E-state index < -0.39 is 5.92 Å². The summed E-state index contributed by atoms with van der Waals surface area (Å²) in [6.45, 7) is 2.53. The van der Waals surface area contributed by atoms with E-state index in [2.05, 4.69) is 15.7 Å². The molecule has 1 unspecified atom stereocenters. The standard InChI is InChI=1S/C22H20N4O3/c1-13-8-17(26(2)25-13)11-23-16-5-3-4-14(9-16)21(28)15-6-7-18-19(12-27)22(29)24-20(18)10-15/h3-10,12,19,23H,11H2,1-2H3,(H,24,29). The lowest BCUT2D eigenvalue weighted by Crippen LogP contribution is -2.12. The van der Waals surface area contributed by atoms with Gasteiger partial charge in [0.25, 0.3) is 0 Å². The van der Waals surface area contributed by atoms with Crippen LogP contribution in [0.5, 0.6) is 0 Å². The summed E-state index contributed by atoms with van der Waals surface area (Å²) in [7, 11) is 1.89. The third-order valence-electron chi connectivity index (χ3n) is 5.02. The van der Waals surface area contributed by atoms with Gasteiger partial charge >= 0.3 is 0 Å². The highest BCUT2D eigenvalue weighted by Crippen LogP contribution is 2.32. The molecule has 1 amide bonds. The minimum absolute atomic E-state index is 0.156. The Labute approximate surface area is 167 Å². The van der Waals surface area contributed by atoms with Crippen molar-refractivity contribution in [1.82, 2.24) is 9.78 Å². The molecular weight excluding hydrogens is 368 g/mol. The van der Waals surface area contributed by atoms with Crippen molar-refractivity contribution in [2.45, 2.75) is 19.4 Å². The zero-order valence-electron chi connectivity index (χ0n) is 16.1. The number of anilines is 2. The smallest absolute Gasteiger partial charge is 0.239 e. The molecule has 2 heterocycles. The number of aryl methyl sites for hydroxylation is 2. The second-order valence-electron chi connectivity index (χ2n) is 7.07. The SMILES string of the molecule is Cc1cc(CNc2cccc(C(=O)c3ccc4c(c3)NC(=O)C4C=O)c2)n(C)n1. The van der Waals surface area contributed by atoms with Gasteiger partial charge in [0.2, 0.25) is 5.91 Å². The van der Waals surface area contributed by atoms with Gasteiger partial charge in [0.1, 0.15) is 12.2 Å². The molecule has 0 saturated carbocycles. The molecule has 3 aromatic rings. The molecule has 0 spiro atoms. The van der Waals surface area contributed by atoms with Gasteiger partial charge in [-0.3, -0.25) is 14.3 Å². The Morgan fingerprint density at radius 2 is 2.00 bits per heavy atom. The van der Waals surface area contributed by atoms with Gasteiger partial charge in [-0.05, 0) is 36.8 Å². The summed E-state index contributed by atoms with van der Waals surface area (Å²) in [6.07, 6.45) is 0.613. The van der Waals surface area contributed by atoms with Crippen molar-refractivity contribution in [3.63, 3.8) is 0 Å². The fraction of sp³-hybridized carbons (Fsp3) is 0.182. The number of carbonyl (C=O) groups is 3. The summed E-state index contributed by atoms with van der Waals surface area (Å²) in [5, 5.41) is 10.3. The van der Waals surface area contributed by atoms with Crippen molar-refractivity contribution in [1.29, 1.82) is 0 Å². The third-order valence-corrected chi connectivity index (χ3v) is 5.02. The number of benzene rings is 2. The Hall–Kier alpha value is -3.74. The van der Waals surface area contributed by atoms with Gasteiger partial charge in [-0.25, -0.2) is 0 Å². The van der Waals surface area contributed by atoms with Crippen molar-refractivity contribution in [3.05, 3.63) is 76.6 Å². The Morgan fingerprint density at radius 1 is 1.21 bits per heavy atom. The second-order valence-corrected chi connectivity index (χ2v) is 7.07. The van der Waals surface area contributed by atoms with E-state index in [1.165, 1.54) is 0 Å². The van der Waals surface area contributed by atoms with Crippen LogP contribution in [-0.2, 0) is 23.2 Å². The molecule has 7 nitrogen and oxygen atoms in total. The average molecular weight is 388 g/mol. The van der Waals surface area contributed by atoms with Crippen LogP contribution in [-0.4, -0.2) is 27.8 Å². The van der Waals surface area contributed by atoms with Gasteiger partial charge in [0.05, 0.1) is 17.9 Å². The highest BCUT2D eigenvalue weighted by atomic mass is 16.2. The Kier molecular flexibility index (Phi) is 4.72. The first-order valence-electron chi connectivity index (χ1n) is 9.24. The maximum absolute atomic E-state index is 12.9. The summed E-state index contributed by atoms with van der Waals surface area (Å²) in [5.41, 5.74) is 4.92. The number of amides is 1. The van der Waals surface area contributed by atoms with E-state index in [1.54, 1.807) is 30.3 Å². The van der Waals surface area contributed by atoms with Crippen LogP contribution in [0.4, 0.5) is 11.4 Å². The molecule has 7 heteroatoms. The van der Waals surface area contributed by atoms with Gasteiger partial charge in [0, 0.05) is 29.5 Å². The van der Waals surface area contributed by atoms with E-state index in [0.717, 1.165) is 17.1 Å². The Morgan fingerprint density at radius 3 is 2.72 bits per heavy atom. The summed E-state index contributed by atoms with van der Waals surface area (Å²) in [5.74, 6) is -1.33. The lowest BCUT2D eigenvalue weighted by Gasteiger charge is -2.09. The molecule has 29 heavy (non-hydrogen) atoms. The van der Waals surface area contributed by atoms with Crippen LogP contribution in [0, 0.1) is 6.92 Å². The van der Waals surface area contributed by atoms with Crippen LogP contribution in [0.2, 0.25) is 0 Å². The molecule has 146 valence electrons. The average Bonchev–Trinajstić information content (AvgIpc) is 3.21. The molecule has 1 aliphatic rings. The molecule has 2 aromatic carbocycles. The van der Waals surface area contributed by atoms with Crippen LogP contribution in [0.15, 0.2) is 48.5 Å². The molecule has 0 bridgehead atoms. The number of fused-ring (bicyclic) bond motifs is 1. The van der Waals surface area contributed by atoms with Gasteiger partial charge in [-0.1, -0.05) is 24.3 Å². The zero-order valence-corrected chi connectivity index (χ0v) is 16.1. The van der Waals surface area contributed by atoms with Crippen molar-refractivity contribution >= 4 is 29.4 Å². The highest BCUT2D eigenvalue weighted by Gasteiger charge is 2.30. The summed E-state index contributed by atoms with van der Waals surface area (Å²) >= 11 is 0. The van der Waals surface area contributed by atoms with Crippen molar-refractivity contribution in [2.24, 2.45) is 7.05 Å². The summed E-state index contributed by atoms with van der Waals surface area (Å²) in [4.78, 5) is 35.9. The number of hydrogen-bond donors (Lipinski definition) is 2. The van der Waals surface area contributed by atoms with E-state index in [9.17, 15) is 14.4 Å². The lowest BCUT2D eigenvalue weighted by molar-refractivity contribution is -0.121. The van der Waals surface area contributed by atoms with Gasteiger partial charge in [0.15, 0.2) is 5.78 Å². The first-order valence-corrected chi connectivity index (χ1v) is 9.24. The van der Waals surface area contributed by atoms with E-state index in [-0.39, 0.29) is 11.7 Å². The Bertz CT molecular complexity index is 1130. The Balaban J connectivity index is 1.53. The normalized spacial score (nSPS) is 15.0. The predicted molar refractivity (Wildman–Crippen MR) is 109 cm³/mol. The van der Waals surface area contributed by atoms with E-state index in [0.29, 0.717) is 35.2 Å². The highest BCUT2D eigenvalue weighted by molar-refractivity contribution is 6.14. The second kappa shape index (κ2) is 7.35. The first-order chi connectivity index (χ1) is 14.0. The fourth-order valence-electron chi connectivity index (χ4n) is 3.52. The van der Waals surface area contributed by atoms with Crippen LogP contribution in [0.3, 0.4) is 0 Å².